The first kappa shape index (κ1) is 16.9. The number of carboxylic acid groups (broad SMARTS) is 1. The summed E-state index contributed by atoms with van der Waals surface area (Å²) in [5.41, 5.74) is 5.72. The lowest BCUT2D eigenvalue weighted by atomic mass is 10.1. The summed E-state index contributed by atoms with van der Waals surface area (Å²) in [6.45, 7) is -0.379. The molecule has 1 atom stereocenters. The molecule has 1 unspecified atom stereocenters. The second-order valence-electron chi connectivity index (χ2n) is 5.32. The number of amides is 1. The number of carboxylic acids is 1. The second kappa shape index (κ2) is 7.03. The molecule has 0 aromatic heterocycles. The quantitative estimate of drug-likeness (QED) is 0.661. The topological polar surface area (TPSA) is 118 Å². The summed E-state index contributed by atoms with van der Waals surface area (Å²) in [5, 5.41) is 8.90. The highest BCUT2D eigenvalue weighted by molar-refractivity contribution is 7.90. The Bertz CT molecular complexity index is 456. The molecular formula is C12H22N2O5S. The van der Waals surface area contributed by atoms with E-state index in [1.165, 1.54) is 4.90 Å². The highest BCUT2D eigenvalue weighted by atomic mass is 32.2. The molecule has 1 aliphatic rings. The molecule has 1 amide bonds. The molecule has 3 N–H and O–H groups in total. The van der Waals surface area contributed by atoms with Crippen molar-refractivity contribution >= 4 is 21.7 Å². The third-order valence-electron chi connectivity index (χ3n) is 3.47. The molecule has 1 saturated carbocycles. The number of nitrogens with two attached hydrogens (primary N) is 1. The summed E-state index contributed by atoms with van der Waals surface area (Å²) >= 11 is 0. The fourth-order valence-electron chi connectivity index (χ4n) is 2.43. The number of aliphatic carboxylic acids is 1. The number of carbonyl (C=O) groups is 2. The molecule has 1 fully saturated rings. The summed E-state index contributed by atoms with van der Waals surface area (Å²) in [5.74, 6) is -1.73. The summed E-state index contributed by atoms with van der Waals surface area (Å²) in [4.78, 5) is 24.4. The lowest BCUT2D eigenvalue weighted by molar-refractivity contribution is -0.146. The van der Waals surface area contributed by atoms with E-state index in [0.29, 0.717) is 0 Å². The largest absolute Gasteiger partial charge is 0.480 e. The number of hydrogen-bond donors (Lipinski definition) is 2. The van der Waals surface area contributed by atoms with Crippen LogP contribution >= 0.6 is 0 Å². The average molecular weight is 306 g/mol. The molecule has 0 aliphatic heterocycles. The summed E-state index contributed by atoms with van der Waals surface area (Å²) in [7, 11) is -3.19. The Kier molecular flexibility index (Phi) is 5.94. The fraction of sp³-hybridized carbons (Fsp3) is 0.833. The molecule has 116 valence electrons. The average Bonchev–Trinajstić information content (AvgIpc) is 2.84. The van der Waals surface area contributed by atoms with Crippen LogP contribution in [0.3, 0.4) is 0 Å². The Morgan fingerprint density at radius 1 is 1.35 bits per heavy atom. The molecule has 0 aromatic carbocycles. The maximum atomic E-state index is 12.2. The number of nitrogens with zero attached hydrogens (tertiary/aromatic N) is 1. The van der Waals surface area contributed by atoms with Crippen LogP contribution in [0.2, 0.25) is 0 Å². The van der Waals surface area contributed by atoms with Gasteiger partial charge in [-0.3, -0.25) is 9.59 Å². The number of sulfone groups is 1. The maximum absolute atomic E-state index is 12.2. The van der Waals surface area contributed by atoms with Gasteiger partial charge < -0.3 is 15.7 Å². The fourth-order valence-corrected chi connectivity index (χ4v) is 3.11. The molecule has 0 aromatic rings. The van der Waals surface area contributed by atoms with Gasteiger partial charge in [0.15, 0.2) is 0 Å². The van der Waals surface area contributed by atoms with Crippen LogP contribution in [0.1, 0.15) is 32.1 Å². The molecule has 8 heteroatoms. The minimum atomic E-state index is -3.19. The standard InChI is InChI=1S/C12H22N2O5S/c1-20(18,19)7-6-10(13)12(17)14(8-11(15)16)9-4-2-3-5-9/h9-10H,2-8,13H2,1H3,(H,15,16). The summed E-state index contributed by atoms with van der Waals surface area (Å²) in [6.07, 6.45) is 4.58. The monoisotopic (exact) mass is 306 g/mol. The van der Waals surface area contributed by atoms with E-state index in [-0.39, 0.29) is 24.8 Å². The van der Waals surface area contributed by atoms with Crippen LogP contribution in [-0.4, -0.2) is 60.9 Å². The third kappa shape index (κ3) is 5.46. The first-order chi connectivity index (χ1) is 9.20. The van der Waals surface area contributed by atoms with E-state index >= 15 is 0 Å². The van der Waals surface area contributed by atoms with Gasteiger partial charge in [-0.05, 0) is 19.3 Å². The summed E-state index contributed by atoms with van der Waals surface area (Å²) < 4.78 is 22.2. The van der Waals surface area contributed by atoms with Gasteiger partial charge in [0.1, 0.15) is 16.4 Å². The number of carbonyl (C=O) groups excluding carboxylic acids is 1. The predicted molar refractivity (Wildman–Crippen MR) is 73.9 cm³/mol. The Labute approximate surface area is 119 Å². The zero-order valence-corrected chi connectivity index (χ0v) is 12.4. The van der Waals surface area contributed by atoms with E-state index in [2.05, 4.69) is 0 Å². The van der Waals surface area contributed by atoms with Crippen molar-refractivity contribution in [2.45, 2.75) is 44.2 Å². The van der Waals surface area contributed by atoms with Crippen molar-refractivity contribution in [2.24, 2.45) is 5.73 Å². The normalized spacial score (nSPS) is 17.9. The Hall–Kier alpha value is -1.15. The second-order valence-corrected chi connectivity index (χ2v) is 7.58. The van der Waals surface area contributed by atoms with Crippen molar-refractivity contribution in [1.29, 1.82) is 0 Å². The van der Waals surface area contributed by atoms with Crippen molar-refractivity contribution in [3.8, 4) is 0 Å². The van der Waals surface area contributed by atoms with Crippen LogP contribution in [0.15, 0.2) is 0 Å². The van der Waals surface area contributed by atoms with E-state index in [9.17, 15) is 18.0 Å². The highest BCUT2D eigenvalue weighted by Crippen LogP contribution is 2.24. The van der Waals surface area contributed by atoms with E-state index < -0.39 is 27.8 Å². The van der Waals surface area contributed by atoms with E-state index in [1.807, 2.05) is 0 Å². The Morgan fingerprint density at radius 2 is 1.90 bits per heavy atom. The number of hydrogen-bond acceptors (Lipinski definition) is 5. The lowest BCUT2D eigenvalue weighted by Crippen LogP contribution is -2.50. The van der Waals surface area contributed by atoms with E-state index in [4.69, 9.17) is 10.8 Å². The van der Waals surface area contributed by atoms with Gasteiger partial charge in [-0.2, -0.15) is 0 Å². The van der Waals surface area contributed by atoms with E-state index in [0.717, 1.165) is 31.9 Å². The first-order valence-corrected chi connectivity index (χ1v) is 8.72. The van der Waals surface area contributed by atoms with Gasteiger partial charge in [0, 0.05) is 12.3 Å². The lowest BCUT2D eigenvalue weighted by Gasteiger charge is -2.29. The molecule has 0 bridgehead atoms. The van der Waals surface area contributed by atoms with Crippen LogP contribution in [0.5, 0.6) is 0 Å². The summed E-state index contributed by atoms with van der Waals surface area (Å²) in [6, 6.07) is -1.06. The Morgan fingerprint density at radius 3 is 2.35 bits per heavy atom. The van der Waals surface area contributed by atoms with Gasteiger partial charge in [0.2, 0.25) is 5.91 Å². The molecular weight excluding hydrogens is 284 g/mol. The van der Waals surface area contributed by atoms with Crippen molar-refractivity contribution in [2.75, 3.05) is 18.6 Å². The van der Waals surface area contributed by atoms with Gasteiger partial charge in [-0.15, -0.1) is 0 Å². The van der Waals surface area contributed by atoms with Crippen LogP contribution < -0.4 is 5.73 Å². The highest BCUT2D eigenvalue weighted by Gasteiger charge is 2.31. The van der Waals surface area contributed by atoms with Crippen molar-refractivity contribution in [3.05, 3.63) is 0 Å². The van der Waals surface area contributed by atoms with Crippen LogP contribution in [0.4, 0.5) is 0 Å². The molecule has 0 saturated heterocycles. The number of rotatable bonds is 7. The van der Waals surface area contributed by atoms with Crippen LogP contribution in [-0.2, 0) is 19.4 Å². The molecule has 7 nitrogen and oxygen atoms in total. The minimum absolute atomic E-state index is 0.0144. The zero-order chi connectivity index (χ0) is 15.3. The molecule has 20 heavy (non-hydrogen) atoms. The minimum Gasteiger partial charge on any atom is -0.480 e. The van der Waals surface area contributed by atoms with Gasteiger partial charge in [0.05, 0.1) is 11.8 Å². The third-order valence-corrected chi connectivity index (χ3v) is 4.45. The first-order valence-electron chi connectivity index (χ1n) is 6.66. The maximum Gasteiger partial charge on any atom is 0.323 e. The molecule has 0 radical (unpaired) electrons. The zero-order valence-electron chi connectivity index (χ0n) is 11.6. The van der Waals surface area contributed by atoms with Gasteiger partial charge >= 0.3 is 5.97 Å². The van der Waals surface area contributed by atoms with Gasteiger partial charge in [-0.1, -0.05) is 12.8 Å². The SMILES string of the molecule is CS(=O)(=O)CCC(N)C(=O)N(CC(=O)O)C1CCCC1. The van der Waals surface area contributed by atoms with Crippen LogP contribution in [0, 0.1) is 0 Å². The van der Waals surface area contributed by atoms with Crippen molar-refractivity contribution < 1.29 is 23.1 Å². The van der Waals surface area contributed by atoms with E-state index in [1.54, 1.807) is 0 Å². The molecule has 1 aliphatic carbocycles. The smallest absolute Gasteiger partial charge is 0.323 e. The van der Waals surface area contributed by atoms with Crippen molar-refractivity contribution in [3.63, 3.8) is 0 Å². The molecule has 0 spiro atoms. The van der Waals surface area contributed by atoms with Gasteiger partial charge in [-0.25, -0.2) is 8.42 Å². The van der Waals surface area contributed by atoms with Gasteiger partial charge in [0.25, 0.3) is 0 Å². The predicted octanol–water partition coefficient (Wildman–Crippen LogP) is -0.396. The Balaban J connectivity index is 2.68. The van der Waals surface area contributed by atoms with Crippen molar-refractivity contribution in [1.82, 2.24) is 4.90 Å². The molecule has 0 heterocycles. The molecule has 1 rings (SSSR count). The van der Waals surface area contributed by atoms with Crippen LogP contribution in [0.25, 0.3) is 0 Å².